The molecule has 116 valence electrons. The summed E-state index contributed by atoms with van der Waals surface area (Å²) in [7, 11) is 0. The number of hydrogen-bond donors (Lipinski definition) is 1. The Balaban J connectivity index is 1.50. The number of anilines is 1. The molecule has 2 N–H and O–H groups in total. The van der Waals surface area contributed by atoms with Gasteiger partial charge in [-0.3, -0.25) is 4.90 Å². The van der Waals surface area contributed by atoms with E-state index in [4.69, 9.17) is 5.73 Å². The van der Waals surface area contributed by atoms with E-state index in [0.29, 0.717) is 6.04 Å². The minimum atomic E-state index is 0.293. The minimum Gasteiger partial charge on any atom is -0.369 e. The smallest absolute Gasteiger partial charge is 0.0367 e. The first-order chi connectivity index (χ1) is 10.2. The molecule has 0 spiro atoms. The van der Waals surface area contributed by atoms with Gasteiger partial charge in [0.25, 0.3) is 0 Å². The average molecular weight is 287 g/mol. The lowest BCUT2D eigenvalue weighted by Gasteiger charge is -2.36. The lowest BCUT2D eigenvalue weighted by molar-refractivity contribution is 0.248. The van der Waals surface area contributed by atoms with Gasteiger partial charge in [-0.15, -0.1) is 0 Å². The number of piperazine rings is 1. The third-order valence-electron chi connectivity index (χ3n) is 4.91. The van der Waals surface area contributed by atoms with Crippen LogP contribution >= 0.6 is 0 Å². The Bertz CT molecular complexity index is 430. The summed E-state index contributed by atoms with van der Waals surface area (Å²) >= 11 is 0. The van der Waals surface area contributed by atoms with Crippen LogP contribution < -0.4 is 10.6 Å². The molecule has 21 heavy (non-hydrogen) atoms. The standard InChI is InChI=1S/C18H29N3/c1-2-17(19)13-15-5-7-18(8-6-15)21-11-9-20(10-12-21)14-16-3-4-16/h5-8,16-17H,2-4,9-14,19H2,1H3. The summed E-state index contributed by atoms with van der Waals surface area (Å²) in [6.45, 7) is 8.26. The zero-order valence-corrected chi connectivity index (χ0v) is 13.3. The first-order valence-electron chi connectivity index (χ1n) is 8.56. The summed E-state index contributed by atoms with van der Waals surface area (Å²) < 4.78 is 0. The van der Waals surface area contributed by atoms with Crippen molar-refractivity contribution in [1.29, 1.82) is 0 Å². The summed E-state index contributed by atoms with van der Waals surface area (Å²) in [4.78, 5) is 5.16. The maximum Gasteiger partial charge on any atom is 0.0367 e. The van der Waals surface area contributed by atoms with Crippen LogP contribution in [0.4, 0.5) is 5.69 Å². The van der Waals surface area contributed by atoms with Crippen molar-refractivity contribution >= 4 is 5.69 Å². The molecule has 0 radical (unpaired) electrons. The van der Waals surface area contributed by atoms with E-state index in [-0.39, 0.29) is 0 Å². The van der Waals surface area contributed by atoms with Gasteiger partial charge >= 0.3 is 0 Å². The van der Waals surface area contributed by atoms with E-state index in [1.165, 1.54) is 56.8 Å². The van der Waals surface area contributed by atoms with Gasteiger partial charge in [-0.25, -0.2) is 0 Å². The lowest BCUT2D eigenvalue weighted by atomic mass is 10.0. The van der Waals surface area contributed by atoms with Gasteiger partial charge in [0.15, 0.2) is 0 Å². The normalized spacial score (nSPS) is 21.5. The highest BCUT2D eigenvalue weighted by molar-refractivity contribution is 5.48. The Labute approximate surface area is 129 Å². The van der Waals surface area contributed by atoms with Crippen molar-refractivity contribution in [3.05, 3.63) is 29.8 Å². The molecule has 1 aliphatic heterocycles. The van der Waals surface area contributed by atoms with Gasteiger partial charge in [0, 0.05) is 44.5 Å². The monoisotopic (exact) mass is 287 g/mol. The largest absolute Gasteiger partial charge is 0.369 e. The second-order valence-corrected chi connectivity index (χ2v) is 6.77. The first-order valence-corrected chi connectivity index (χ1v) is 8.56. The van der Waals surface area contributed by atoms with Gasteiger partial charge in [-0.1, -0.05) is 19.1 Å². The van der Waals surface area contributed by atoms with Crippen molar-refractivity contribution in [2.75, 3.05) is 37.6 Å². The van der Waals surface area contributed by atoms with Crippen LogP contribution in [0.5, 0.6) is 0 Å². The fourth-order valence-electron chi connectivity index (χ4n) is 3.14. The van der Waals surface area contributed by atoms with Crippen LogP contribution in [0.15, 0.2) is 24.3 Å². The first kappa shape index (κ1) is 14.9. The Morgan fingerprint density at radius 3 is 2.33 bits per heavy atom. The SMILES string of the molecule is CCC(N)Cc1ccc(N2CCN(CC3CC3)CC2)cc1. The molecule has 0 aromatic heterocycles. The molecule has 2 fully saturated rings. The maximum atomic E-state index is 6.03. The van der Waals surface area contributed by atoms with E-state index >= 15 is 0 Å². The van der Waals surface area contributed by atoms with E-state index in [0.717, 1.165) is 18.8 Å². The Kier molecular flexibility index (Phi) is 4.81. The van der Waals surface area contributed by atoms with Crippen LogP contribution in [0.1, 0.15) is 31.7 Å². The predicted octanol–water partition coefficient (Wildman–Crippen LogP) is 2.50. The van der Waals surface area contributed by atoms with Crippen LogP contribution in [0.3, 0.4) is 0 Å². The van der Waals surface area contributed by atoms with Gasteiger partial charge in [-0.2, -0.15) is 0 Å². The number of nitrogens with zero attached hydrogens (tertiary/aromatic N) is 2. The van der Waals surface area contributed by atoms with E-state index in [2.05, 4.69) is 41.0 Å². The summed E-state index contributed by atoms with van der Waals surface area (Å²) in [6, 6.07) is 9.34. The topological polar surface area (TPSA) is 32.5 Å². The lowest BCUT2D eigenvalue weighted by Crippen LogP contribution is -2.47. The highest BCUT2D eigenvalue weighted by Gasteiger charge is 2.26. The van der Waals surface area contributed by atoms with Gasteiger partial charge in [0.1, 0.15) is 0 Å². The minimum absolute atomic E-state index is 0.293. The Morgan fingerprint density at radius 2 is 1.76 bits per heavy atom. The van der Waals surface area contributed by atoms with Crippen molar-refractivity contribution in [1.82, 2.24) is 4.90 Å². The summed E-state index contributed by atoms with van der Waals surface area (Å²) in [5.41, 5.74) is 8.76. The van der Waals surface area contributed by atoms with Gasteiger partial charge in [-0.05, 0) is 49.3 Å². The molecule has 1 aromatic rings. The van der Waals surface area contributed by atoms with Gasteiger partial charge in [0.05, 0.1) is 0 Å². The molecular formula is C18H29N3. The predicted molar refractivity (Wildman–Crippen MR) is 89.8 cm³/mol. The van der Waals surface area contributed by atoms with Crippen LogP contribution in [0, 0.1) is 5.92 Å². The number of benzene rings is 1. The van der Waals surface area contributed by atoms with Crippen LogP contribution in [0.2, 0.25) is 0 Å². The maximum absolute atomic E-state index is 6.03. The van der Waals surface area contributed by atoms with Gasteiger partial charge < -0.3 is 10.6 Å². The zero-order chi connectivity index (χ0) is 14.7. The summed E-state index contributed by atoms with van der Waals surface area (Å²) in [6.07, 6.45) is 4.96. The molecule has 3 rings (SSSR count). The number of rotatable bonds is 6. The van der Waals surface area contributed by atoms with Crippen molar-refractivity contribution in [2.45, 2.75) is 38.6 Å². The molecule has 3 heteroatoms. The molecule has 1 saturated carbocycles. The number of nitrogens with two attached hydrogens (primary N) is 1. The zero-order valence-electron chi connectivity index (χ0n) is 13.3. The highest BCUT2D eigenvalue weighted by Crippen LogP contribution is 2.30. The van der Waals surface area contributed by atoms with E-state index < -0.39 is 0 Å². The fraction of sp³-hybridized carbons (Fsp3) is 0.667. The fourth-order valence-corrected chi connectivity index (χ4v) is 3.14. The van der Waals surface area contributed by atoms with Crippen molar-refractivity contribution in [3.8, 4) is 0 Å². The second-order valence-electron chi connectivity index (χ2n) is 6.77. The van der Waals surface area contributed by atoms with Crippen LogP contribution in [-0.4, -0.2) is 43.7 Å². The Hall–Kier alpha value is -1.06. The molecule has 1 aliphatic carbocycles. The molecule has 0 bridgehead atoms. The quantitative estimate of drug-likeness (QED) is 0.872. The molecule has 1 atom stereocenters. The molecule has 1 heterocycles. The van der Waals surface area contributed by atoms with E-state index in [1.807, 2.05) is 0 Å². The van der Waals surface area contributed by atoms with Crippen LogP contribution in [-0.2, 0) is 6.42 Å². The van der Waals surface area contributed by atoms with Crippen molar-refractivity contribution < 1.29 is 0 Å². The van der Waals surface area contributed by atoms with Gasteiger partial charge in [0.2, 0.25) is 0 Å². The van der Waals surface area contributed by atoms with E-state index in [9.17, 15) is 0 Å². The third-order valence-corrected chi connectivity index (χ3v) is 4.91. The second kappa shape index (κ2) is 6.80. The molecular weight excluding hydrogens is 258 g/mol. The Morgan fingerprint density at radius 1 is 1.10 bits per heavy atom. The molecule has 1 saturated heterocycles. The number of hydrogen-bond acceptors (Lipinski definition) is 3. The van der Waals surface area contributed by atoms with Crippen molar-refractivity contribution in [3.63, 3.8) is 0 Å². The van der Waals surface area contributed by atoms with E-state index in [1.54, 1.807) is 0 Å². The molecule has 0 amide bonds. The molecule has 3 nitrogen and oxygen atoms in total. The van der Waals surface area contributed by atoms with Crippen molar-refractivity contribution in [2.24, 2.45) is 11.7 Å². The molecule has 1 aromatic carbocycles. The third kappa shape index (κ3) is 4.21. The summed E-state index contributed by atoms with van der Waals surface area (Å²) in [5, 5.41) is 0. The average Bonchev–Trinajstić information content (AvgIpc) is 3.33. The molecule has 1 unspecified atom stereocenters. The molecule has 2 aliphatic rings. The summed E-state index contributed by atoms with van der Waals surface area (Å²) in [5.74, 6) is 1.01. The van der Waals surface area contributed by atoms with Crippen LogP contribution in [0.25, 0.3) is 0 Å². The highest BCUT2D eigenvalue weighted by atomic mass is 15.3.